The van der Waals surface area contributed by atoms with Crippen molar-refractivity contribution in [1.29, 1.82) is 0 Å². The first-order chi connectivity index (χ1) is 11.1. The van der Waals surface area contributed by atoms with Crippen LogP contribution in [0.25, 0.3) is 0 Å². The van der Waals surface area contributed by atoms with Crippen molar-refractivity contribution < 1.29 is 9.59 Å². The molecule has 1 saturated carbocycles. The van der Waals surface area contributed by atoms with Gasteiger partial charge in [0.1, 0.15) is 17.5 Å². The molecular formula is C20H27NO2. The lowest BCUT2D eigenvalue weighted by Gasteiger charge is -2.28. The van der Waals surface area contributed by atoms with Crippen LogP contribution in [0.3, 0.4) is 0 Å². The summed E-state index contributed by atoms with van der Waals surface area (Å²) in [5, 5.41) is 0. The highest BCUT2D eigenvalue weighted by atomic mass is 16.2. The minimum Gasteiger partial charge on any atom is -0.298 e. The number of aliphatic imine (C=N–C) groups is 1. The number of nitrogens with zero attached hydrogens (tertiary/aromatic N) is 1. The first kappa shape index (κ1) is 17.6. The zero-order chi connectivity index (χ0) is 16.8. The molecule has 0 radical (unpaired) electrons. The Kier molecular flexibility index (Phi) is 6.26. The van der Waals surface area contributed by atoms with Crippen molar-refractivity contribution in [3.8, 4) is 0 Å². The minimum absolute atomic E-state index is 0.0268. The van der Waals surface area contributed by atoms with Crippen LogP contribution < -0.4 is 0 Å². The number of rotatable bonds is 6. The van der Waals surface area contributed by atoms with Crippen LogP contribution >= 0.6 is 0 Å². The average molecular weight is 313 g/mol. The fraction of sp³-hybridized carbons (Fsp3) is 0.550. The Morgan fingerprint density at radius 3 is 2.26 bits per heavy atom. The SMILES string of the molecule is CCCC(=N[C@H](C)CC)C1C(=O)CC(c2ccccc2)CC1=O. The van der Waals surface area contributed by atoms with Crippen molar-refractivity contribution in [2.45, 2.75) is 64.8 Å². The molecule has 3 nitrogen and oxygen atoms in total. The Bertz CT molecular complexity index is 559. The van der Waals surface area contributed by atoms with Gasteiger partial charge in [0.25, 0.3) is 0 Å². The molecule has 124 valence electrons. The molecule has 1 aromatic rings. The van der Waals surface area contributed by atoms with Crippen LogP contribution in [0, 0.1) is 5.92 Å². The van der Waals surface area contributed by atoms with E-state index in [1.165, 1.54) is 0 Å². The molecule has 1 atom stereocenters. The van der Waals surface area contributed by atoms with Crippen LogP contribution in [-0.4, -0.2) is 23.3 Å². The van der Waals surface area contributed by atoms with Crippen molar-refractivity contribution >= 4 is 17.3 Å². The topological polar surface area (TPSA) is 46.5 Å². The van der Waals surface area contributed by atoms with Gasteiger partial charge in [-0.1, -0.05) is 50.6 Å². The molecule has 0 aliphatic heterocycles. The van der Waals surface area contributed by atoms with E-state index in [1.807, 2.05) is 37.3 Å². The molecule has 2 rings (SSSR count). The summed E-state index contributed by atoms with van der Waals surface area (Å²) >= 11 is 0. The van der Waals surface area contributed by atoms with Crippen molar-refractivity contribution in [3.05, 3.63) is 35.9 Å². The molecule has 0 heterocycles. The molecule has 0 saturated heterocycles. The highest BCUT2D eigenvalue weighted by molar-refractivity contribution is 6.22. The van der Waals surface area contributed by atoms with Gasteiger partial charge in [0, 0.05) is 24.6 Å². The van der Waals surface area contributed by atoms with Crippen LogP contribution in [-0.2, 0) is 9.59 Å². The van der Waals surface area contributed by atoms with Gasteiger partial charge in [0.15, 0.2) is 0 Å². The predicted octanol–water partition coefficient (Wildman–Crippen LogP) is 4.36. The third-order valence-electron chi connectivity index (χ3n) is 4.63. The van der Waals surface area contributed by atoms with Crippen LogP contribution in [0.2, 0.25) is 0 Å². The first-order valence-electron chi connectivity index (χ1n) is 8.73. The van der Waals surface area contributed by atoms with E-state index in [1.54, 1.807) is 0 Å². The molecule has 0 N–H and O–H groups in total. The van der Waals surface area contributed by atoms with E-state index in [0.29, 0.717) is 12.8 Å². The van der Waals surface area contributed by atoms with Crippen molar-refractivity contribution in [1.82, 2.24) is 0 Å². The van der Waals surface area contributed by atoms with Crippen molar-refractivity contribution in [3.63, 3.8) is 0 Å². The third-order valence-corrected chi connectivity index (χ3v) is 4.63. The van der Waals surface area contributed by atoms with Gasteiger partial charge in [-0.25, -0.2) is 0 Å². The summed E-state index contributed by atoms with van der Waals surface area (Å²) in [5.41, 5.74) is 1.90. The Balaban J connectivity index is 2.20. The van der Waals surface area contributed by atoms with Gasteiger partial charge in [0.05, 0.1) is 0 Å². The molecule has 3 heteroatoms. The Hall–Kier alpha value is -1.77. The molecule has 0 bridgehead atoms. The standard InChI is InChI=1S/C20H27NO2/c1-4-9-17(21-14(3)5-2)20-18(22)12-16(13-19(20)23)15-10-7-6-8-11-15/h6-8,10-11,14,16,20H,4-5,9,12-13H2,1-3H3/t14-,16?,20?/m1/s1. The number of carbonyl (C=O) groups is 2. The predicted molar refractivity (Wildman–Crippen MR) is 94.0 cm³/mol. The number of benzene rings is 1. The van der Waals surface area contributed by atoms with Gasteiger partial charge in [-0.2, -0.15) is 0 Å². The zero-order valence-electron chi connectivity index (χ0n) is 14.4. The van der Waals surface area contributed by atoms with Crippen LogP contribution in [0.15, 0.2) is 35.3 Å². The van der Waals surface area contributed by atoms with E-state index in [9.17, 15) is 9.59 Å². The lowest BCUT2D eigenvalue weighted by Crippen LogP contribution is -2.38. The van der Waals surface area contributed by atoms with Gasteiger partial charge in [-0.05, 0) is 31.2 Å². The summed E-state index contributed by atoms with van der Waals surface area (Å²) in [7, 11) is 0. The number of Topliss-reactive ketones (excluding diaryl/α,β-unsaturated/α-hetero) is 2. The van der Waals surface area contributed by atoms with E-state index in [4.69, 9.17) is 0 Å². The maximum absolute atomic E-state index is 12.7. The maximum atomic E-state index is 12.7. The van der Waals surface area contributed by atoms with Crippen molar-refractivity contribution in [2.75, 3.05) is 0 Å². The number of carbonyl (C=O) groups excluding carboxylic acids is 2. The molecule has 23 heavy (non-hydrogen) atoms. The summed E-state index contributed by atoms with van der Waals surface area (Å²) in [5.74, 6) is -0.473. The molecule has 1 aromatic carbocycles. The molecule has 0 unspecified atom stereocenters. The van der Waals surface area contributed by atoms with Gasteiger partial charge in [0.2, 0.25) is 0 Å². The maximum Gasteiger partial charge on any atom is 0.149 e. The van der Waals surface area contributed by atoms with E-state index >= 15 is 0 Å². The fourth-order valence-electron chi connectivity index (χ4n) is 3.22. The summed E-state index contributed by atoms with van der Waals surface area (Å²) in [6, 6.07) is 10.1. The van der Waals surface area contributed by atoms with Gasteiger partial charge < -0.3 is 0 Å². The largest absolute Gasteiger partial charge is 0.298 e. The molecule has 1 aliphatic rings. The second-order valence-electron chi connectivity index (χ2n) is 6.51. The number of ketones is 2. The number of hydrogen-bond acceptors (Lipinski definition) is 3. The minimum atomic E-state index is -0.594. The normalized spacial score (nSPS) is 23.9. The molecule has 0 spiro atoms. The highest BCUT2D eigenvalue weighted by Crippen LogP contribution is 2.33. The Morgan fingerprint density at radius 2 is 1.74 bits per heavy atom. The molecule has 0 aromatic heterocycles. The smallest absolute Gasteiger partial charge is 0.149 e. The van der Waals surface area contributed by atoms with E-state index in [-0.39, 0.29) is 23.5 Å². The molecular weight excluding hydrogens is 286 g/mol. The fourth-order valence-corrected chi connectivity index (χ4v) is 3.22. The quantitative estimate of drug-likeness (QED) is 0.578. The van der Waals surface area contributed by atoms with Crippen LogP contribution in [0.1, 0.15) is 64.4 Å². The summed E-state index contributed by atoms with van der Waals surface area (Å²) in [6.45, 7) is 6.19. The summed E-state index contributed by atoms with van der Waals surface area (Å²) in [6.07, 6.45) is 3.47. The molecule has 0 amide bonds. The van der Waals surface area contributed by atoms with E-state index < -0.39 is 5.92 Å². The third kappa shape index (κ3) is 4.37. The van der Waals surface area contributed by atoms with Crippen LogP contribution in [0.4, 0.5) is 0 Å². The second kappa shape index (κ2) is 8.19. The summed E-state index contributed by atoms with van der Waals surface area (Å²) < 4.78 is 0. The van der Waals surface area contributed by atoms with Gasteiger partial charge >= 0.3 is 0 Å². The molecule has 1 fully saturated rings. The van der Waals surface area contributed by atoms with E-state index in [0.717, 1.165) is 30.5 Å². The van der Waals surface area contributed by atoms with Crippen molar-refractivity contribution in [2.24, 2.45) is 10.9 Å². The zero-order valence-corrected chi connectivity index (χ0v) is 14.4. The molecule has 1 aliphatic carbocycles. The summed E-state index contributed by atoms with van der Waals surface area (Å²) in [4.78, 5) is 30.0. The Labute approximate surface area is 139 Å². The van der Waals surface area contributed by atoms with E-state index in [2.05, 4.69) is 18.8 Å². The second-order valence-corrected chi connectivity index (χ2v) is 6.51. The number of hydrogen-bond donors (Lipinski definition) is 0. The van der Waals surface area contributed by atoms with Gasteiger partial charge in [-0.15, -0.1) is 0 Å². The van der Waals surface area contributed by atoms with Gasteiger partial charge in [-0.3, -0.25) is 14.6 Å². The highest BCUT2D eigenvalue weighted by Gasteiger charge is 2.38. The first-order valence-corrected chi connectivity index (χ1v) is 8.73. The monoisotopic (exact) mass is 313 g/mol. The average Bonchev–Trinajstić information content (AvgIpc) is 2.55. The lowest BCUT2D eigenvalue weighted by molar-refractivity contribution is -0.133. The van der Waals surface area contributed by atoms with Crippen LogP contribution in [0.5, 0.6) is 0 Å². The Morgan fingerprint density at radius 1 is 1.13 bits per heavy atom. The lowest BCUT2D eigenvalue weighted by atomic mass is 9.74.